The second-order valence-electron chi connectivity index (χ2n) is 5.78. The lowest BCUT2D eigenvalue weighted by molar-refractivity contribution is -0.100. The van der Waals surface area contributed by atoms with Crippen molar-refractivity contribution in [2.75, 3.05) is 13.9 Å². The fourth-order valence-corrected chi connectivity index (χ4v) is 2.94. The van der Waals surface area contributed by atoms with Crippen LogP contribution in [-0.2, 0) is 21.5 Å². The lowest BCUT2D eigenvalue weighted by atomic mass is 9.96. The molecule has 0 aliphatic carbocycles. The molecule has 3 aromatic heterocycles. The number of aromatic amines is 1. The number of aromatic nitrogens is 3. The third-order valence-corrected chi connectivity index (χ3v) is 4.37. The number of nitrogens with one attached hydrogen (secondary N) is 1. The molecule has 0 saturated carbocycles. The van der Waals surface area contributed by atoms with Gasteiger partial charge < -0.3 is 14.5 Å². The zero-order chi connectivity index (χ0) is 18.6. The van der Waals surface area contributed by atoms with E-state index in [0.29, 0.717) is 12.0 Å². The van der Waals surface area contributed by atoms with Crippen molar-refractivity contribution in [3.63, 3.8) is 0 Å². The van der Waals surface area contributed by atoms with Crippen LogP contribution in [-0.4, -0.2) is 28.9 Å². The molecular formula is C19H17BrFN3O2. The van der Waals surface area contributed by atoms with Gasteiger partial charge in [0.25, 0.3) is 0 Å². The molecule has 134 valence electrons. The van der Waals surface area contributed by atoms with Crippen molar-refractivity contribution in [3.8, 4) is 11.8 Å². The first-order valence-corrected chi connectivity index (χ1v) is 8.67. The standard InChI is InChI=1S/C19H17BrFN3O2/c1-19(26-12-25-2,16-5-7-22-11-17(16)21)6-3-4-13-9-23-18-15(13)8-14(20)10-24-18/h5,7-11H,4,12H2,1-2H3,(H,23,24). The van der Waals surface area contributed by atoms with Crippen molar-refractivity contribution in [2.45, 2.75) is 18.9 Å². The first-order valence-electron chi connectivity index (χ1n) is 7.88. The summed E-state index contributed by atoms with van der Waals surface area (Å²) in [5.74, 6) is 5.66. The smallest absolute Gasteiger partial charge is 0.157 e. The van der Waals surface area contributed by atoms with Gasteiger partial charge in [-0.2, -0.15) is 0 Å². The Morgan fingerprint density at radius 3 is 3.00 bits per heavy atom. The monoisotopic (exact) mass is 417 g/mol. The number of halogens is 2. The minimum absolute atomic E-state index is 0.00308. The van der Waals surface area contributed by atoms with E-state index in [2.05, 4.69) is 42.7 Å². The average molecular weight is 418 g/mol. The predicted octanol–water partition coefficient (Wildman–Crippen LogP) is 3.94. The lowest BCUT2D eigenvalue weighted by Gasteiger charge is -2.24. The second-order valence-corrected chi connectivity index (χ2v) is 6.70. The molecule has 0 saturated heterocycles. The van der Waals surface area contributed by atoms with E-state index in [1.54, 1.807) is 19.2 Å². The summed E-state index contributed by atoms with van der Waals surface area (Å²) in [4.78, 5) is 11.2. The van der Waals surface area contributed by atoms with E-state index < -0.39 is 11.4 Å². The van der Waals surface area contributed by atoms with Crippen molar-refractivity contribution in [1.82, 2.24) is 15.0 Å². The van der Waals surface area contributed by atoms with Gasteiger partial charge in [-0.05, 0) is 40.5 Å². The molecule has 1 N–H and O–H groups in total. The zero-order valence-corrected chi connectivity index (χ0v) is 15.9. The summed E-state index contributed by atoms with van der Waals surface area (Å²) in [6.45, 7) is 1.71. The van der Waals surface area contributed by atoms with Crippen LogP contribution >= 0.6 is 15.9 Å². The highest BCUT2D eigenvalue weighted by atomic mass is 79.9. The van der Waals surface area contributed by atoms with E-state index in [9.17, 15) is 4.39 Å². The summed E-state index contributed by atoms with van der Waals surface area (Å²) in [7, 11) is 1.51. The summed E-state index contributed by atoms with van der Waals surface area (Å²) in [5.41, 5.74) is 0.975. The van der Waals surface area contributed by atoms with Crippen LogP contribution in [0.3, 0.4) is 0 Å². The molecule has 5 nitrogen and oxygen atoms in total. The number of methoxy groups -OCH3 is 1. The van der Waals surface area contributed by atoms with Gasteiger partial charge in [0.2, 0.25) is 0 Å². The minimum Gasteiger partial charge on any atom is -0.359 e. The summed E-state index contributed by atoms with van der Waals surface area (Å²) in [6.07, 6.45) is 6.73. The maximum Gasteiger partial charge on any atom is 0.157 e. The molecule has 0 spiro atoms. The summed E-state index contributed by atoms with van der Waals surface area (Å²) >= 11 is 3.42. The van der Waals surface area contributed by atoms with E-state index in [4.69, 9.17) is 9.47 Å². The summed E-state index contributed by atoms with van der Waals surface area (Å²) in [5, 5.41) is 0.989. The molecule has 26 heavy (non-hydrogen) atoms. The van der Waals surface area contributed by atoms with E-state index in [0.717, 1.165) is 27.3 Å². The fourth-order valence-electron chi connectivity index (χ4n) is 2.61. The van der Waals surface area contributed by atoms with Crippen LogP contribution in [0.15, 0.2) is 41.4 Å². The lowest BCUT2D eigenvalue weighted by Crippen LogP contribution is -2.26. The molecule has 1 unspecified atom stereocenters. The van der Waals surface area contributed by atoms with Gasteiger partial charge in [0.15, 0.2) is 5.60 Å². The van der Waals surface area contributed by atoms with Gasteiger partial charge in [-0.15, -0.1) is 0 Å². The molecule has 0 aliphatic heterocycles. The molecule has 0 radical (unpaired) electrons. The summed E-state index contributed by atoms with van der Waals surface area (Å²) < 4.78 is 25.7. The first-order chi connectivity index (χ1) is 12.5. The van der Waals surface area contributed by atoms with Gasteiger partial charge in [0.05, 0.1) is 6.20 Å². The van der Waals surface area contributed by atoms with Crippen LogP contribution in [0.1, 0.15) is 18.1 Å². The Bertz CT molecular complexity index is 980. The third kappa shape index (κ3) is 3.93. The van der Waals surface area contributed by atoms with Gasteiger partial charge >= 0.3 is 0 Å². The normalized spacial score (nSPS) is 13.2. The first kappa shape index (κ1) is 18.5. The third-order valence-electron chi connectivity index (χ3n) is 3.94. The molecule has 3 heterocycles. The molecular weight excluding hydrogens is 401 g/mol. The van der Waals surface area contributed by atoms with Crippen molar-refractivity contribution in [1.29, 1.82) is 0 Å². The SMILES string of the molecule is COCOC(C)(C#CCc1c[nH]c2ncc(Br)cc12)c1ccncc1F. The van der Waals surface area contributed by atoms with Crippen molar-refractivity contribution >= 4 is 27.0 Å². The highest BCUT2D eigenvalue weighted by molar-refractivity contribution is 9.10. The Hall–Kier alpha value is -2.27. The molecule has 1 atom stereocenters. The molecule has 0 aliphatic rings. The number of pyridine rings is 2. The fraction of sp³-hybridized carbons (Fsp3) is 0.263. The quantitative estimate of drug-likeness (QED) is 0.504. The van der Waals surface area contributed by atoms with Crippen LogP contribution < -0.4 is 0 Å². The van der Waals surface area contributed by atoms with Gasteiger partial charge in [-0.25, -0.2) is 9.37 Å². The minimum atomic E-state index is -1.14. The second kappa shape index (κ2) is 7.96. The summed E-state index contributed by atoms with van der Waals surface area (Å²) in [6, 6.07) is 3.55. The van der Waals surface area contributed by atoms with Crippen molar-refractivity contribution in [2.24, 2.45) is 0 Å². The molecule has 3 aromatic rings. The highest BCUT2D eigenvalue weighted by Gasteiger charge is 2.28. The molecule has 0 fully saturated rings. The average Bonchev–Trinajstić information content (AvgIpc) is 3.02. The van der Waals surface area contributed by atoms with Crippen LogP contribution in [0, 0.1) is 17.7 Å². The molecule has 3 rings (SSSR count). The number of fused-ring (bicyclic) bond motifs is 1. The number of rotatable bonds is 5. The van der Waals surface area contributed by atoms with Crippen molar-refractivity contribution in [3.05, 3.63) is 58.3 Å². The zero-order valence-electron chi connectivity index (χ0n) is 14.3. The number of nitrogens with zero attached hydrogens (tertiary/aromatic N) is 2. The molecule has 7 heteroatoms. The van der Waals surface area contributed by atoms with Crippen LogP contribution in [0.5, 0.6) is 0 Å². The Labute approximate surface area is 159 Å². The maximum atomic E-state index is 14.2. The Morgan fingerprint density at radius 2 is 2.23 bits per heavy atom. The maximum absolute atomic E-state index is 14.2. The molecule has 0 aromatic carbocycles. The van der Waals surface area contributed by atoms with Gasteiger partial charge in [0, 0.05) is 47.5 Å². The van der Waals surface area contributed by atoms with E-state index in [1.165, 1.54) is 13.3 Å². The number of ether oxygens (including phenoxy) is 2. The van der Waals surface area contributed by atoms with Gasteiger partial charge in [-0.1, -0.05) is 11.8 Å². The predicted molar refractivity (Wildman–Crippen MR) is 99.8 cm³/mol. The van der Waals surface area contributed by atoms with E-state index in [1.807, 2.05) is 12.3 Å². The Morgan fingerprint density at radius 1 is 1.38 bits per heavy atom. The Kier molecular flexibility index (Phi) is 5.67. The topological polar surface area (TPSA) is 60.0 Å². The van der Waals surface area contributed by atoms with Crippen LogP contribution in [0.2, 0.25) is 0 Å². The van der Waals surface area contributed by atoms with Crippen LogP contribution in [0.25, 0.3) is 11.0 Å². The number of hydrogen-bond acceptors (Lipinski definition) is 4. The Balaban J connectivity index is 1.90. The highest BCUT2D eigenvalue weighted by Crippen LogP contribution is 2.27. The molecule has 0 amide bonds. The van der Waals surface area contributed by atoms with Crippen LogP contribution in [0.4, 0.5) is 4.39 Å². The largest absolute Gasteiger partial charge is 0.359 e. The number of hydrogen-bond donors (Lipinski definition) is 1. The number of H-pyrrole nitrogens is 1. The van der Waals surface area contributed by atoms with E-state index in [-0.39, 0.29) is 6.79 Å². The van der Waals surface area contributed by atoms with E-state index >= 15 is 0 Å². The van der Waals surface area contributed by atoms with Gasteiger partial charge in [-0.3, -0.25) is 4.98 Å². The van der Waals surface area contributed by atoms with Gasteiger partial charge in [0.1, 0.15) is 18.3 Å². The molecule has 0 bridgehead atoms. The van der Waals surface area contributed by atoms with Crippen molar-refractivity contribution < 1.29 is 13.9 Å².